The number of hydrogen-bond acceptors (Lipinski definition) is 3. The van der Waals surface area contributed by atoms with Gasteiger partial charge in [0.15, 0.2) is 0 Å². The predicted octanol–water partition coefficient (Wildman–Crippen LogP) is 4.11. The lowest BCUT2D eigenvalue weighted by molar-refractivity contribution is -0.120. The van der Waals surface area contributed by atoms with Crippen molar-refractivity contribution in [3.63, 3.8) is 0 Å². The highest BCUT2D eigenvalue weighted by molar-refractivity contribution is 8.00. The van der Waals surface area contributed by atoms with Crippen LogP contribution in [0.15, 0.2) is 47.4 Å². The van der Waals surface area contributed by atoms with E-state index in [0.29, 0.717) is 6.54 Å². The average molecular weight is 329 g/mol. The van der Waals surface area contributed by atoms with Crippen molar-refractivity contribution >= 4 is 17.7 Å². The van der Waals surface area contributed by atoms with Gasteiger partial charge in [0.25, 0.3) is 0 Å². The Hall–Kier alpha value is -1.94. The number of aryl methyl sites for hydroxylation is 2. The molecule has 0 heterocycles. The Labute approximate surface area is 142 Å². The second kappa shape index (κ2) is 8.06. The van der Waals surface area contributed by atoms with Crippen LogP contribution in [0.1, 0.15) is 23.6 Å². The fraction of sp³-hybridized carbons (Fsp3) is 0.316. The molecule has 0 saturated carbocycles. The first-order chi connectivity index (χ1) is 11.0. The summed E-state index contributed by atoms with van der Waals surface area (Å²) in [6.45, 7) is 6.61. The quantitative estimate of drug-likeness (QED) is 0.811. The Kier molecular flexibility index (Phi) is 6.11. The first kappa shape index (κ1) is 17.4. The van der Waals surface area contributed by atoms with Gasteiger partial charge in [-0.15, -0.1) is 11.8 Å². The Bertz CT molecular complexity index is 668. The lowest BCUT2D eigenvalue weighted by Gasteiger charge is -2.14. The van der Waals surface area contributed by atoms with Crippen LogP contribution in [-0.2, 0) is 11.3 Å². The third-order valence-corrected chi connectivity index (χ3v) is 4.90. The van der Waals surface area contributed by atoms with Crippen LogP contribution in [0.3, 0.4) is 0 Å². The van der Waals surface area contributed by atoms with Crippen molar-refractivity contribution in [2.45, 2.75) is 37.5 Å². The maximum absolute atomic E-state index is 12.3. The number of nitrogens with one attached hydrogen (secondary N) is 1. The highest BCUT2D eigenvalue weighted by Gasteiger charge is 2.15. The molecule has 1 amide bonds. The molecule has 0 radical (unpaired) electrons. The van der Waals surface area contributed by atoms with Gasteiger partial charge in [-0.05, 0) is 50.1 Å². The molecule has 0 fully saturated rings. The first-order valence-electron chi connectivity index (χ1n) is 7.64. The maximum atomic E-state index is 12.3. The van der Waals surface area contributed by atoms with Gasteiger partial charge >= 0.3 is 0 Å². The van der Waals surface area contributed by atoms with Crippen molar-refractivity contribution in [3.8, 4) is 5.75 Å². The normalized spacial score (nSPS) is 11.8. The van der Waals surface area contributed by atoms with Crippen molar-refractivity contribution < 1.29 is 9.53 Å². The van der Waals surface area contributed by atoms with Crippen molar-refractivity contribution in [2.75, 3.05) is 7.11 Å². The van der Waals surface area contributed by atoms with E-state index in [-0.39, 0.29) is 11.2 Å². The van der Waals surface area contributed by atoms with Gasteiger partial charge in [-0.25, -0.2) is 0 Å². The summed E-state index contributed by atoms with van der Waals surface area (Å²) >= 11 is 1.60. The van der Waals surface area contributed by atoms with Crippen LogP contribution in [0.25, 0.3) is 0 Å². The number of benzene rings is 2. The number of methoxy groups -OCH3 is 1. The zero-order valence-electron chi connectivity index (χ0n) is 14.1. The molecule has 0 aliphatic heterocycles. The Morgan fingerprint density at radius 1 is 1.17 bits per heavy atom. The molecule has 122 valence electrons. The number of ether oxygens (including phenoxy) is 1. The van der Waals surface area contributed by atoms with Gasteiger partial charge in [-0.2, -0.15) is 0 Å². The lowest BCUT2D eigenvalue weighted by atomic mass is 10.2. The fourth-order valence-electron chi connectivity index (χ4n) is 2.15. The van der Waals surface area contributed by atoms with Gasteiger partial charge in [0.2, 0.25) is 5.91 Å². The molecule has 0 aromatic heterocycles. The second-order valence-electron chi connectivity index (χ2n) is 5.59. The Morgan fingerprint density at radius 3 is 2.52 bits per heavy atom. The van der Waals surface area contributed by atoms with E-state index < -0.39 is 0 Å². The van der Waals surface area contributed by atoms with E-state index >= 15 is 0 Å². The van der Waals surface area contributed by atoms with Gasteiger partial charge in [0, 0.05) is 11.4 Å². The third-order valence-electron chi connectivity index (χ3n) is 3.64. The van der Waals surface area contributed by atoms with Crippen LogP contribution in [-0.4, -0.2) is 18.3 Å². The van der Waals surface area contributed by atoms with Crippen molar-refractivity contribution in [2.24, 2.45) is 0 Å². The molecule has 0 saturated heterocycles. The molecular formula is C19H23NO2S. The molecule has 0 aliphatic carbocycles. The van der Waals surface area contributed by atoms with E-state index in [4.69, 9.17) is 4.74 Å². The number of rotatable bonds is 6. The third kappa shape index (κ3) is 5.03. The van der Waals surface area contributed by atoms with Gasteiger partial charge in [-0.1, -0.05) is 29.8 Å². The monoisotopic (exact) mass is 329 g/mol. The molecule has 0 spiro atoms. The van der Waals surface area contributed by atoms with Crippen molar-refractivity contribution in [3.05, 3.63) is 59.2 Å². The highest BCUT2D eigenvalue weighted by atomic mass is 32.2. The summed E-state index contributed by atoms with van der Waals surface area (Å²) < 4.78 is 5.13. The molecule has 0 bridgehead atoms. The van der Waals surface area contributed by atoms with Crippen LogP contribution in [0.2, 0.25) is 0 Å². The standard InChI is InChI=1S/C19H23NO2S/c1-13-5-6-14(2)18(11-13)23-15(3)19(21)20-12-16-7-9-17(22-4)10-8-16/h5-11,15H,12H2,1-4H3,(H,20,21). The van der Waals surface area contributed by atoms with Crippen LogP contribution in [0, 0.1) is 13.8 Å². The van der Waals surface area contributed by atoms with Crippen LogP contribution < -0.4 is 10.1 Å². The van der Waals surface area contributed by atoms with Gasteiger partial charge in [0.05, 0.1) is 12.4 Å². The van der Waals surface area contributed by atoms with Gasteiger partial charge in [0.1, 0.15) is 5.75 Å². The Morgan fingerprint density at radius 2 is 1.87 bits per heavy atom. The van der Waals surface area contributed by atoms with E-state index in [2.05, 4.69) is 37.4 Å². The minimum absolute atomic E-state index is 0.0479. The minimum atomic E-state index is -0.131. The number of thioether (sulfide) groups is 1. The molecule has 2 aromatic rings. The molecule has 1 atom stereocenters. The van der Waals surface area contributed by atoms with E-state index in [1.807, 2.05) is 31.2 Å². The molecule has 2 aromatic carbocycles. The zero-order valence-corrected chi connectivity index (χ0v) is 14.9. The molecule has 0 aliphatic rings. The summed E-state index contributed by atoms with van der Waals surface area (Å²) in [5, 5.41) is 2.86. The first-order valence-corrected chi connectivity index (χ1v) is 8.52. The maximum Gasteiger partial charge on any atom is 0.233 e. The number of carbonyl (C=O) groups is 1. The van der Waals surface area contributed by atoms with E-state index in [0.717, 1.165) is 16.2 Å². The summed E-state index contributed by atoms with van der Waals surface area (Å²) in [7, 11) is 1.64. The smallest absolute Gasteiger partial charge is 0.233 e. The summed E-state index contributed by atoms with van der Waals surface area (Å²) in [6.07, 6.45) is 0. The molecular weight excluding hydrogens is 306 g/mol. The highest BCUT2D eigenvalue weighted by Crippen LogP contribution is 2.27. The predicted molar refractivity (Wildman–Crippen MR) is 96.1 cm³/mol. The fourth-order valence-corrected chi connectivity index (χ4v) is 3.23. The summed E-state index contributed by atoms with van der Waals surface area (Å²) in [6, 6.07) is 14.0. The molecule has 1 N–H and O–H groups in total. The van der Waals surface area contributed by atoms with Crippen molar-refractivity contribution in [1.82, 2.24) is 5.32 Å². The van der Waals surface area contributed by atoms with Gasteiger partial charge < -0.3 is 10.1 Å². The van der Waals surface area contributed by atoms with E-state index in [9.17, 15) is 4.79 Å². The summed E-state index contributed by atoms with van der Waals surface area (Å²) in [5.41, 5.74) is 3.47. The number of hydrogen-bond donors (Lipinski definition) is 1. The van der Waals surface area contributed by atoms with Crippen LogP contribution >= 0.6 is 11.8 Å². The van der Waals surface area contributed by atoms with Crippen LogP contribution in [0.5, 0.6) is 5.75 Å². The zero-order chi connectivity index (χ0) is 16.8. The SMILES string of the molecule is COc1ccc(CNC(=O)C(C)Sc2cc(C)ccc2C)cc1. The van der Waals surface area contributed by atoms with E-state index in [1.165, 1.54) is 11.1 Å². The summed E-state index contributed by atoms with van der Waals surface area (Å²) in [5.74, 6) is 0.866. The largest absolute Gasteiger partial charge is 0.497 e. The lowest BCUT2D eigenvalue weighted by Crippen LogP contribution is -2.30. The molecule has 4 heteroatoms. The molecule has 3 nitrogen and oxygen atoms in total. The van der Waals surface area contributed by atoms with Gasteiger partial charge in [-0.3, -0.25) is 4.79 Å². The number of amides is 1. The molecule has 2 rings (SSSR count). The van der Waals surface area contributed by atoms with Crippen molar-refractivity contribution in [1.29, 1.82) is 0 Å². The topological polar surface area (TPSA) is 38.3 Å². The molecule has 23 heavy (non-hydrogen) atoms. The average Bonchev–Trinajstić information content (AvgIpc) is 2.56. The second-order valence-corrected chi connectivity index (χ2v) is 6.98. The molecule has 1 unspecified atom stereocenters. The number of carbonyl (C=O) groups excluding carboxylic acids is 1. The minimum Gasteiger partial charge on any atom is -0.497 e. The Balaban J connectivity index is 1.90. The summed E-state index contributed by atoms with van der Waals surface area (Å²) in [4.78, 5) is 13.4. The van der Waals surface area contributed by atoms with Crippen LogP contribution in [0.4, 0.5) is 0 Å². The van der Waals surface area contributed by atoms with E-state index in [1.54, 1.807) is 18.9 Å².